The minimum Gasteiger partial charge on any atom is -0.488 e. The predicted octanol–water partition coefficient (Wildman–Crippen LogP) is 2.67. The van der Waals surface area contributed by atoms with Gasteiger partial charge < -0.3 is 4.74 Å². The quantitative estimate of drug-likeness (QED) is 0.770. The summed E-state index contributed by atoms with van der Waals surface area (Å²) in [4.78, 5) is 2.95. The molecule has 0 amide bonds. The topological polar surface area (TPSA) is 45.4 Å². The summed E-state index contributed by atoms with van der Waals surface area (Å²) in [5.41, 5.74) is 1.06. The van der Waals surface area contributed by atoms with E-state index in [1.54, 1.807) is 12.3 Å². The Morgan fingerprint density at radius 3 is 2.88 bits per heavy atom. The largest absolute Gasteiger partial charge is 0.488 e. The Morgan fingerprint density at radius 1 is 1.41 bits per heavy atom. The Morgan fingerprint density at radius 2 is 2.18 bits per heavy atom. The number of alkyl halides is 1. The third-order valence-electron chi connectivity index (χ3n) is 2.35. The smallest absolute Gasteiger partial charge is 0.172 e. The van der Waals surface area contributed by atoms with Crippen molar-refractivity contribution in [1.82, 2.24) is 0 Å². The summed E-state index contributed by atoms with van der Waals surface area (Å²) >= 11 is 6.00. The van der Waals surface area contributed by atoms with Crippen LogP contribution in [-0.4, -0.2) is 17.6 Å². The monoisotopic (exact) mass is 246 g/mol. The summed E-state index contributed by atoms with van der Waals surface area (Å²) in [6, 6.07) is 11.8. The summed E-state index contributed by atoms with van der Waals surface area (Å²) < 4.78 is 5.54. The van der Waals surface area contributed by atoms with Gasteiger partial charge in [-0.25, -0.2) is 0 Å². The average molecular weight is 247 g/mol. The molecule has 0 fully saturated rings. The zero-order valence-corrected chi connectivity index (χ0v) is 9.89. The predicted molar refractivity (Wildman–Crippen MR) is 66.9 cm³/mol. The molecular formula is C13H11ClN2O. The van der Waals surface area contributed by atoms with Gasteiger partial charge in [-0.15, -0.1) is 0 Å². The molecule has 1 unspecified atom stereocenters. The number of hydrogen-bond acceptors (Lipinski definition) is 3. The fourth-order valence-electron chi connectivity index (χ4n) is 1.46. The molecule has 17 heavy (non-hydrogen) atoms. The molecule has 1 heterocycles. The number of halogens is 1. The highest BCUT2D eigenvalue weighted by Gasteiger charge is 2.27. The Balaban J connectivity index is 2.01. The molecule has 1 aromatic rings. The minimum absolute atomic E-state index is 0.267. The molecule has 0 aliphatic carbocycles. The van der Waals surface area contributed by atoms with Crippen LogP contribution in [0.2, 0.25) is 0 Å². The van der Waals surface area contributed by atoms with Crippen LogP contribution in [0, 0.1) is 11.3 Å². The number of nitrogens with zero attached hydrogens (tertiary/aromatic N) is 2. The van der Waals surface area contributed by atoms with E-state index in [0.29, 0.717) is 12.4 Å². The highest BCUT2D eigenvalue weighted by Crippen LogP contribution is 2.22. The van der Waals surface area contributed by atoms with Crippen molar-refractivity contribution in [1.29, 1.82) is 5.26 Å². The summed E-state index contributed by atoms with van der Waals surface area (Å²) in [5, 5.41) is 8.90. The van der Waals surface area contributed by atoms with Crippen LogP contribution in [0.25, 0.3) is 0 Å². The normalized spacial score (nSPS) is 22.7. The number of dihydropyridines is 1. The zero-order valence-electron chi connectivity index (χ0n) is 9.14. The lowest BCUT2D eigenvalue weighted by molar-refractivity contribution is 0.217. The lowest BCUT2D eigenvalue weighted by atomic mass is 10.1. The molecule has 1 atom stereocenters. The first-order valence-electron chi connectivity index (χ1n) is 5.21. The molecule has 3 nitrogen and oxygen atoms in total. The molecule has 2 rings (SSSR count). The Labute approximate surface area is 105 Å². The van der Waals surface area contributed by atoms with Crippen LogP contribution < -0.4 is 0 Å². The molecule has 0 aromatic heterocycles. The van der Waals surface area contributed by atoms with Crippen molar-refractivity contribution < 1.29 is 4.74 Å². The second kappa shape index (κ2) is 5.03. The van der Waals surface area contributed by atoms with Gasteiger partial charge in [0, 0.05) is 0 Å². The van der Waals surface area contributed by atoms with Gasteiger partial charge in [-0.2, -0.15) is 5.26 Å². The van der Waals surface area contributed by atoms with Crippen LogP contribution in [0.15, 0.2) is 47.2 Å². The maximum absolute atomic E-state index is 8.90. The zero-order chi connectivity index (χ0) is 12.1. The molecule has 0 saturated carbocycles. The van der Waals surface area contributed by atoms with Gasteiger partial charge >= 0.3 is 0 Å². The van der Waals surface area contributed by atoms with Crippen molar-refractivity contribution in [3.05, 3.63) is 47.7 Å². The van der Waals surface area contributed by atoms with Gasteiger partial charge in [0.15, 0.2) is 4.87 Å². The molecule has 0 radical (unpaired) electrons. The Bertz CT molecular complexity index is 490. The van der Waals surface area contributed by atoms with E-state index in [9.17, 15) is 0 Å². The van der Waals surface area contributed by atoms with Crippen molar-refractivity contribution in [3.63, 3.8) is 0 Å². The third-order valence-corrected chi connectivity index (χ3v) is 2.66. The number of hydrogen-bond donors (Lipinski definition) is 0. The number of benzene rings is 1. The van der Waals surface area contributed by atoms with Gasteiger partial charge in [0.25, 0.3) is 0 Å². The van der Waals surface area contributed by atoms with Crippen LogP contribution in [0.1, 0.15) is 5.56 Å². The van der Waals surface area contributed by atoms with E-state index >= 15 is 0 Å². The average Bonchev–Trinajstić information content (AvgIpc) is 2.38. The lowest BCUT2D eigenvalue weighted by Crippen LogP contribution is -2.24. The molecular weight excluding hydrogens is 236 g/mol. The van der Waals surface area contributed by atoms with Gasteiger partial charge in [-0.3, -0.25) is 4.99 Å². The summed E-state index contributed by atoms with van der Waals surface area (Å²) in [6.45, 7) is 0.709. The fourth-order valence-corrected chi connectivity index (χ4v) is 1.64. The first-order chi connectivity index (χ1) is 8.22. The Hall–Kier alpha value is -1.79. The van der Waals surface area contributed by atoms with Crippen LogP contribution in [0.5, 0.6) is 0 Å². The first-order valence-corrected chi connectivity index (χ1v) is 5.59. The fraction of sp³-hybridized carbons (Fsp3) is 0.231. The van der Waals surface area contributed by atoms with Gasteiger partial charge in [0.05, 0.1) is 18.8 Å². The number of aliphatic imine (C=N–C) groups is 1. The first kappa shape index (κ1) is 11.7. The summed E-state index contributed by atoms with van der Waals surface area (Å²) in [5.74, 6) is 0.539. The minimum atomic E-state index is -1.07. The standard InChI is InChI=1S/C13H11ClN2O/c14-13(9-15)6-12(7-16-10-13)17-8-11-4-2-1-3-5-11/h1-7H,8,10H2. The second-order valence-electron chi connectivity index (χ2n) is 3.77. The van der Waals surface area contributed by atoms with E-state index in [4.69, 9.17) is 21.6 Å². The molecule has 1 aliphatic heterocycles. The van der Waals surface area contributed by atoms with E-state index in [0.717, 1.165) is 5.56 Å². The van der Waals surface area contributed by atoms with Crippen molar-refractivity contribution in [2.75, 3.05) is 6.54 Å². The van der Waals surface area contributed by atoms with Crippen molar-refractivity contribution >= 4 is 17.8 Å². The van der Waals surface area contributed by atoms with Crippen molar-refractivity contribution in [3.8, 4) is 6.07 Å². The third kappa shape index (κ3) is 3.08. The van der Waals surface area contributed by atoms with Gasteiger partial charge in [-0.1, -0.05) is 41.9 Å². The van der Waals surface area contributed by atoms with E-state index in [2.05, 4.69) is 4.99 Å². The molecule has 1 aromatic carbocycles. The molecule has 0 N–H and O–H groups in total. The molecule has 86 valence electrons. The summed E-state index contributed by atoms with van der Waals surface area (Å²) in [6.07, 6.45) is 3.20. The number of rotatable bonds is 3. The van der Waals surface area contributed by atoms with Crippen LogP contribution in [-0.2, 0) is 11.3 Å². The van der Waals surface area contributed by atoms with Crippen LogP contribution in [0.3, 0.4) is 0 Å². The maximum Gasteiger partial charge on any atom is 0.172 e. The Kier molecular flexibility index (Phi) is 3.46. The van der Waals surface area contributed by atoms with Crippen molar-refractivity contribution in [2.24, 2.45) is 4.99 Å². The highest BCUT2D eigenvalue weighted by atomic mass is 35.5. The molecule has 4 heteroatoms. The number of ether oxygens (including phenoxy) is 1. The molecule has 0 spiro atoms. The van der Waals surface area contributed by atoms with E-state index in [-0.39, 0.29) is 6.54 Å². The molecule has 0 saturated heterocycles. The summed E-state index contributed by atoms with van der Waals surface area (Å²) in [7, 11) is 0. The molecule has 1 aliphatic rings. The molecule has 0 bridgehead atoms. The van der Waals surface area contributed by atoms with E-state index in [1.165, 1.54) is 0 Å². The SMILES string of the molecule is N#CC1(Cl)C=C(OCc2ccccc2)C=NC1. The van der Waals surface area contributed by atoms with Crippen LogP contribution >= 0.6 is 11.6 Å². The maximum atomic E-state index is 8.90. The lowest BCUT2D eigenvalue weighted by Gasteiger charge is -2.17. The van der Waals surface area contributed by atoms with Gasteiger partial charge in [0.1, 0.15) is 12.4 Å². The van der Waals surface area contributed by atoms with Gasteiger partial charge in [-0.05, 0) is 11.6 Å². The number of nitriles is 1. The van der Waals surface area contributed by atoms with E-state index in [1.807, 2.05) is 36.4 Å². The van der Waals surface area contributed by atoms with Crippen molar-refractivity contribution in [2.45, 2.75) is 11.5 Å². The van der Waals surface area contributed by atoms with E-state index < -0.39 is 4.87 Å². The highest BCUT2D eigenvalue weighted by molar-refractivity contribution is 6.28. The second-order valence-corrected chi connectivity index (χ2v) is 4.44. The number of allylic oxidation sites excluding steroid dienone is 1. The van der Waals surface area contributed by atoms with Crippen LogP contribution in [0.4, 0.5) is 0 Å². The van der Waals surface area contributed by atoms with Gasteiger partial charge in [0.2, 0.25) is 0 Å².